The number of nitrogens with one attached hydrogen (secondary N) is 1. The first-order chi connectivity index (χ1) is 7.77. The summed E-state index contributed by atoms with van der Waals surface area (Å²) in [6.07, 6.45) is 0. The van der Waals surface area contributed by atoms with Crippen molar-refractivity contribution in [2.75, 3.05) is 31.5 Å². The van der Waals surface area contributed by atoms with Gasteiger partial charge in [0.15, 0.2) is 0 Å². The van der Waals surface area contributed by atoms with Gasteiger partial charge >= 0.3 is 0 Å². The van der Waals surface area contributed by atoms with Gasteiger partial charge in [-0.25, -0.2) is 4.99 Å². The smallest absolute Gasteiger partial charge is 0.115 e. The molecule has 4 nitrogen and oxygen atoms in total. The summed E-state index contributed by atoms with van der Waals surface area (Å²) in [6, 6.07) is 7.66. The molecule has 0 radical (unpaired) electrons. The van der Waals surface area contributed by atoms with Crippen molar-refractivity contribution >= 4 is 28.8 Å². The van der Waals surface area contributed by atoms with E-state index in [0.717, 1.165) is 17.9 Å². The van der Waals surface area contributed by atoms with Crippen LogP contribution in [0.3, 0.4) is 0 Å². The average molecular weight is 242 g/mol. The Kier molecular flexibility index (Phi) is 5.67. The van der Waals surface area contributed by atoms with Crippen LogP contribution >= 0.6 is 11.6 Å². The molecule has 1 aromatic carbocycles. The summed E-state index contributed by atoms with van der Waals surface area (Å²) in [4.78, 5) is 4.22. The Hall–Kier alpha value is -1.26. The van der Waals surface area contributed by atoms with Crippen molar-refractivity contribution in [2.24, 2.45) is 10.7 Å². The van der Waals surface area contributed by atoms with E-state index in [2.05, 4.69) is 10.3 Å². The molecule has 0 atom stereocenters. The molecule has 0 aliphatic heterocycles. The molecule has 0 unspecified atom stereocenters. The van der Waals surface area contributed by atoms with Crippen LogP contribution in [0.2, 0.25) is 0 Å². The number of amidine groups is 1. The minimum Gasteiger partial charge on any atom is -0.386 e. The topological polar surface area (TPSA) is 59.6 Å². The van der Waals surface area contributed by atoms with Crippen LogP contribution in [0, 0.1) is 0 Å². The highest BCUT2D eigenvalue weighted by Crippen LogP contribution is 2.23. The van der Waals surface area contributed by atoms with Gasteiger partial charge < -0.3 is 15.8 Å². The maximum absolute atomic E-state index is 5.59. The molecule has 3 N–H and O–H groups in total. The van der Waals surface area contributed by atoms with E-state index >= 15 is 0 Å². The van der Waals surface area contributed by atoms with Crippen LogP contribution in [-0.4, -0.2) is 32.0 Å². The number of hydrogen-bond acceptors (Lipinski definition) is 3. The SMILES string of the molecule is COCCNc1ccccc1N=C(N)CCl. The summed E-state index contributed by atoms with van der Waals surface area (Å²) in [5, 5.41) is 3.21. The highest BCUT2D eigenvalue weighted by molar-refractivity contribution is 6.28. The van der Waals surface area contributed by atoms with Gasteiger partial charge in [0, 0.05) is 13.7 Å². The van der Waals surface area contributed by atoms with Crippen molar-refractivity contribution in [1.82, 2.24) is 0 Å². The maximum atomic E-state index is 5.59. The van der Waals surface area contributed by atoms with Crippen LogP contribution < -0.4 is 11.1 Å². The Balaban J connectivity index is 2.75. The first kappa shape index (κ1) is 12.8. The van der Waals surface area contributed by atoms with Gasteiger partial charge in [-0.15, -0.1) is 11.6 Å². The highest BCUT2D eigenvalue weighted by atomic mass is 35.5. The van der Waals surface area contributed by atoms with E-state index in [1.165, 1.54) is 0 Å². The van der Waals surface area contributed by atoms with Gasteiger partial charge in [-0.3, -0.25) is 0 Å². The lowest BCUT2D eigenvalue weighted by molar-refractivity contribution is 0.211. The second-order valence-corrected chi connectivity index (χ2v) is 3.44. The monoisotopic (exact) mass is 241 g/mol. The van der Waals surface area contributed by atoms with Crippen LogP contribution in [0.4, 0.5) is 11.4 Å². The van der Waals surface area contributed by atoms with Gasteiger partial charge in [-0.1, -0.05) is 12.1 Å². The number of rotatable bonds is 6. The molecule has 0 spiro atoms. The summed E-state index contributed by atoms with van der Waals surface area (Å²) >= 11 is 5.58. The minimum atomic E-state index is 0.229. The Morgan fingerprint density at radius 2 is 2.25 bits per heavy atom. The van der Waals surface area contributed by atoms with Crippen molar-refractivity contribution in [3.05, 3.63) is 24.3 Å². The zero-order chi connectivity index (χ0) is 11.8. The number of methoxy groups -OCH3 is 1. The summed E-state index contributed by atoms with van der Waals surface area (Å²) in [7, 11) is 1.66. The van der Waals surface area contributed by atoms with Gasteiger partial charge in [0.2, 0.25) is 0 Å². The van der Waals surface area contributed by atoms with Gasteiger partial charge in [-0.2, -0.15) is 0 Å². The molecule has 88 valence electrons. The molecule has 0 aliphatic rings. The second-order valence-electron chi connectivity index (χ2n) is 3.17. The molecule has 16 heavy (non-hydrogen) atoms. The second kappa shape index (κ2) is 7.09. The van der Waals surface area contributed by atoms with E-state index in [-0.39, 0.29) is 5.88 Å². The molecule has 0 fully saturated rings. The average Bonchev–Trinajstić information content (AvgIpc) is 2.31. The fourth-order valence-electron chi connectivity index (χ4n) is 1.19. The predicted octanol–water partition coefficient (Wildman–Crippen LogP) is 1.97. The maximum Gasteiger partial charge on any atom is 0.115 e. The third kappa shape index (κ3) is 4.08. The number of benzene rings is 1. The molecule has 0 aromatic heterocycles. The standard InChI is InChI=1S/C11H16ClN3O/c1-16-7-6-14-9-4-2-3-5-10(9)15-11(13)8-12/h2-5,14H,6-8H2,1H3,(H2,13,15). The van der Waals surface area contributed by atoms with E-state index in [9.17, 15) is 0 Å². The number of anilines is 1. The first-order valence-corrected chi connectivity index (χ1v) is 5.52. The summed E-state index contributed by atoms with van der Waals surface area (Å²) < 4.78 is 4.96. The highest BCUT2D eigenvalue weighted by Gasteiger charge is 2.00. The normalized spacial score (nSPS) is 11.5. The molecule has 1 rings (SSSR count). The van der Waals surface area contributed by atoms with Crippen LogP contribution in [0.1, 0.15) is 0 Å². The van der Waals surface area contributed by atoms with Crippen molar-refractivity contribution in [1.29, 1.82) is 0 Å². The Morgan fingerprint density at radius 1 is 1.50 bits per heavy atom. The van der Waals surface area contributed by atoms with E-state index in [0.29, 0.717) is 12.4 Å². The molecule has 1 aromatic rings. The summed E-state index contributed by atoms with van der Waals surface area (Å²) in [5.74, 6) is 0.634. The lowest BCUT2D eigenvalue weighted by atomic mass is 10.2. The van der Waals surface area contributed by atoms with Crippen LogP contribution in [-0.2, 0) is 4.74 Å². The zero-order valence-electron chi connectivity index (χ0n) is 9.24. The van der Waals surface area contributed by atoms with Gasteiger partial charge in [0.05, 0.1) is 23.9 Å². The minimum absolute atomic E-state index is 0.229. The van der Waals surface area contributed by atoms with E-state index in [1.54, 1.807) is 7.11 Å². The largest absolute Gasteiger partial charge is 0.386 e. The number of nitrogens with zero attached hydrogens (tertiary/aromatic N) is 1. The molecule has 0 heterocycles. The summed E-state index contributed by atoms with van der Waals surface area (Å²) in [6.45, 7) is 1.37. The molecule has 0 bridgehead atoms. The van der Waals surface area contributed by atoms with E-state index in [1.807, 2.05) is 24.3 Å². The number of hydrogen-bond donors (Lipinski definition) is 2. The number of para-hydroxylation sites is 2. The van der Waals surface area contributed by atoms with Crippen LogP contribution in [0.5, 0.6) is 0 Å². The van der Waals surface area contributed by atoms with Crippen LogP contribution in [0.15, 0.2) is 29.3 Å². The quantitative estimate of drug-likeness (QED) is 0.347. The lowest BCUT2D eigenvalue weighted by Crippen LogP contribution is -2.13. The molecule has 0 aliphatic carbocycles. The summed E-state index contributed by atoms with van der Waals surface area (Å²) in [5.41, 5.74) is 7.31. The predicted molar refractivity (Wildman–Crippen MR) is 68.8 cm³/mol. The fraction of sp³-hybridized carbons (Fsp3) is 0.364. The third-order valence-corrected chi connectivity index (χ3v) is 2.20. The zero-order valence-corrected chi connectivity index (χ0v) is 10.00. The fourth-order valence-corrected chi connectivity index (χ4v) is 1.25. The van der Waals surface area contributed by atoms with Gasteiger partial charge in [0.1, 0.15) is 5.84 Å². The Morgan fingerprint density at radius 3 is 2.94 bits per heavy atom. The number of alkyl halides is 1. The van der Waals surface area contributed by atoms with E-state index < -0.39 is 0 Å². The Labute approximate surface area is 100 Å². The molecular weight excluding hydrogens is 226 g/mol. The van der Waals surface area contributed by atoms with Crippen molar-refractivity contribution in [3.8, 4) is 0 Å². The number of halogens is 1. The van der Waals surface area contributed by atoms with E-state index in [4.69, 9.17) is 22.1 Å². The Bertz CT molecular complexity index is 355. The van der Waals surface area contributed by atoms with Gasteiger partial charge in [0.25, 0.3) is 0 Å². The first-order valence-electron chi connectivity index (χ1n) is 4.98. The van der Waals surface area contributed by atoms with Crippen molar-refractivity contribution < 1.29 is 4.74 Å². The number of aliphatic imine (C=N–C) groups is 1. The lowest BCUT2D eigenvalue weighted by Gasteiger charge is -2.08. The number of ether oxygens (including phenoxy) is 1. The molecule has 0 amide bonds. The van der Waals surface area contributed by atoms with Gasteiger partial charge in [-0.05, 0) is 12.1 Å². The number of nitrogens with two attached hydrogens (primary N) is 1. The molecule has 0 saturated heterocycles. The molecule has 0 saturated carbocycles. The van der Waals surface area contributed by atoms with Crippen LogP contribution in [0.25, 0.3) is 0 Å². The van der Waals surface area contributed by atoms with Crippen molar-refractivity contribution in [3.63, 3.8) is 0 Å². The molecule has 5 heteroatoms. The third-order valence-electron chi connectivity index (χ3n) is 1.93. The molecular formula is C11H16ClN3O. The van der Waals surface area contributed by atoms with Crippen molar-refractivity contribution in [2.45, 2.75) is 0 Å².